The van der Waals surface area contributed by atoms with E-state index in [9.17, 15) is 9.90 Å². The minimum Gasteiger partial charge on any atom is -0.487 e. The summed E-state index contributed by atoms with van der Waals surface area (Å²) in [4.78, 5) is 17.7. The van der Waals surface area contributed by atoms with E-state index in [0.29, 0.717) is 22.9 Å². The van der Waals surface area contributed by atoms with Crippen molar-refractivity contribution in [3.05, 3.63) is 75.8 Å². The molecule has 7 heteroatoms. The Hall–Kier alpha value is -2.05. The standard InChI is InChI=1S/C28H30Cl2N2O3/c1-3-12-32-13-11-27-25-18-5-4-6-22(25)35-26(27)21(9-10-28(27,34)23(32)16-18)31(2)24(33)15-17-7-8-19(29)20(30)14-17/h3-8,14,21,23,26,34H,1,9-13,15-16H2,2H3/t21-,23-,26+,27+,28-/m1/s1. The number of likely N-dealkylation sites (tertiary alicyclic amines) is 1. The van der Waals surface area contributed by atoms with Gasteiger partial charge in [-0.2, -0.15) is 0 Å². The van der Waals surface area contributed by atoms with Crippen molar-refractivity contribution in [2.45, 2.75) is 61.3 Å². The van der Waals surface area contributed by atoms with Crippen LogP contribution in [0.3, 0.4) is 0 Å². The third-order valence-electron chi connectivity index (χ3n) is 9.03. The molecule has 1 amide bonds. The minimum absolute atomic E-state index is 0.00598. The molecule has 2 bridgehead atoms. The van der Waals surface area contributed by atoms with Gasteiger partial charge in [0.2, 0.25) is 5.91 Å². The van der Waals surface area contributed by atoms with Crippen molar-refractivity contribution in [3.63, 3.8) is 0 Å². The quantitative estimate of drug-likeness (QED) is 0.603. The third-order valence-corrected chi connectivity index (χ3v) is 9.77. The van der Waals surface area contributed by atoms with Crippen LogP contribution in [0.4, 0.5) is 0 Å². The van der Waals surface area contributed by atoms with E-state index in [-0.39, 0.29) is 30.5 Å². The highest BCUT2D eigenvalue weighted by molar-refractivity contribution is 6.42. The maximum absolute atomic E-state index is 13.4. The number of likely N-dealkylation sites (N-methyl/N-ethyl adjacent to an activating group) is 1. The molecule has 1 saturated carbocycles. The molecule has 2 heterocycles. The number of benzene rings is 2. The molecule has 2 aliphatic carbocycles. The van der Waals surface area contributed by atoms with E-state index in [2.05, 4.69) is 17.5 Å². The molecule has 35 heavy (non-hydrogen) atoms. The molecular formula is C28H30Cl2N2O3. The highest BCUT2D eigenvalue weighted by Crippen LogP contribution is 2.64. The van der Waals surface area contributed by atoms with E-state index in [1.807, 2.05) is 36.2 Å². The smallest absolute Gasteiger partial charge is 0.227 e. The van der Waals surface area contributed by atoms with Crippen LogP contribution in [0.25, 0.3) is 0 Å². The van der Waals surface area contributed by atoms with Crippen LogP contribution in [-0.4, -0.2) is 64.7 Å². The van der Waals surface area contributed by atoms with Crippen molar-refractivity contribution in [2.75, 3.05) is 20.1 Å². The fourth-order valence-corrected chi connectivity index (χ4v) is 7.81. The SMILES string of the molecule is C=CCN1CC[C@]23c4c5cccc4O[C@H]2[C@H](N(C)C(=O)Cc2ccc(Cl)c(Cl)c2)CC[C@@]3(O)[C@H]1C5. The second-order valence-electron chi connectivity index (χ2n) is 10.5. The van der Waals surface area contributed by atoms with E-state index >= 15 is 0 Å². The fraction of sp³-hybridized carbons (Fsp3) is 0.464. The first-order chi connectivity index (χ1) is 16.8. The van der Waals surface area contributed by atoms with Gasteiger partial charge in [-0.15, -0.1) is 6.58 Å². The number of ether oxygens (including phenoxy) is 1. The lowest BCUT2D eigenvalue weighted by Crippen LogP contribution is -2.78. The molecule has 5 nitrogen and oxygen atoms in total. The minimum atomic E-state index is -0.900. The molecule has 6 rings (SSSR count). The van der Waals surface area contributed by atoms with Gasteiger partial charge in [-0.05, 0) is 61.6 Å². The van der Waals surface area contributed by atoms with Crippen LogP contribution in [0.5, 0.6) is 5.75 Å². The zero-order valence-electron chi connectivity index (χ0n) is 19.8. The second kappa shape index (κ2) is 8.24. The zero-order chi connectivity index (χ0) is 24.5. The molecule has 0 radical (unpaired) electrons. The Balaban J connectivity index is 1.36. The molecule has 2 aliphatic heterocycles. The molecule has 0 unspecified atom stereocenters. The van der Waals surface area contributed by atoms with Crippen LogP contribution >= 0.6 is 23.2 Å². The first-order valence-corrected chi connectivity index (χ1v) is 13.1. The second-order valence-corrected chi connectivity index (χ2v) is 11.3. The van der Waals surface area contributed by atoms with Gasteiger partial charge in [0.25, 0.3) is 0 Å². The molecule has 0 aromatic heterocycles. The van der Waals surface area contributed by atoms with Crippen LogP contribution in [0, 0.1) is 0 Å². The predicted molar refractivity (Wildman–Crippen MR) is 137 cm³/mol. The summed E-state index contributed by atoms with van der Waals surface area (Å²) in [5.74, 6) is 0.880. The summed E-state index contributed by atoms with van der Waals surface area (Å²) in [6.07, 6.45) is 4.81. The van der Waals surface area contributed by atoms with Gasteiger partial charge >= 0.3 is 0 Å². The average molecular weight is 513 g/mol. The lowest BCUT2D eigenvalue weighted by atomic mass is 9.48. The van der Waals surface area contributed by atoms with Crippen molar-refractivity contribution in [1.29, 1.82) is 0 Å². The maximum atomic E-state index is 13.4. The highest BCUT2D eigenvalue weighted by Gasteiger charge is 2.72. The van der Waals surface area contributed by atoms with Gasteiger partial charge in [-0.3, -0.25) is 9.69 Å². The van der Waals surface area contributed by atoms with E-state index in [0.717, 1.165) is 37.2 Å². The Kier molecular flexibility index (Phi) is 5.50. The van der Waals surface area contributed by atoms with Crippen LogP contribution in [0.15, 0.2) is 49.1 Å². The molecule has 2 fully saturated rings. The normalized spacial score (nSPS) is 32.5. The molecule has 2 aromatic carbocycles. The molecule has 4 aliphatic rings. The molecular weight excluding hydrogens is 483 g/mol. The van der Waals surface area contributed by atoms with Gasteiger partial charge in [0, 0.05) is 25.2 Å². The Morgan fingerprint density at radius 2 is 2.11 bits per heavy atom. The summed E-state index contributed by atoms with van der Waals surface area (Å²) in [6.45, 7) is 5.58. The Labute approximate surface area is 216 Å². The predicted octanol–water partition coefficient (Wildman–Crippen LogP) is 4.40. The van der Waals surface area contributed by atoms with Gasteiger partial charge in [-0.1, -0.05) is 47.5 Å². The molecule has 2 aromatic rings. The summed E-state index contributed by atoms with van der Waals surface area (Å²) in [5, 5.41) is 13.4. The number of hydrogen-bond acceptors (Lipinski definition) is 4. The Morgan fingerprint density at radius 3 is 2.89 bits per heavy atom. The van der Waals surface area contributed by atoms with Crippen molar-refractivity contribution in [2.24, 2.45) is 0 Å². The van der Waals surface area contributed by atoms with Crippen molar-refractivity contribution < 1.29 is 14.6 Å². The summed E-state index contributed by atoms with van der Waals surface area (Å²) >= 11 is 12.2. The first-order valence-electron chi connectivity index (χ1n) is 12.4. The van der Waals surface area contributed by atoms with Gasteiger partial charge in [0.05, 0.1) is 33.5 Å². The summed E-state index contributed by atoms with van der Waals surface area (Å²) in [7, 11) is 1.87. The van der Waals surface area contributed by atoms with Gasteiger partial charge in [0.15, 0.2) is 0 Å². The molecule has 1 N–H and O–H groups in total. The molecule has 5 atom stereocenters. The molecule has 184 valence electrons. The van der Waals surface area contributed by atoms with Crippen molar-refractivity contribution in [1.82, 2.24) is 9.80 Å². The number of hydrogen-bond donors (Lipinski definition) is 1. The van der Waals surface area contributed by atoms with Crippen LogP contribution in [0.1, 0.15) is 36.0 Å². The third kappa shape index (κ3) is 3.18. The largest absolute Gasteiger partial charge is 0.487 e. The van der Waals surface area contributed by atoms with Crippen LogP contribution < -0.4 is 4.74 Å². The topological polar surface area (TPSA) is 53.0 Å². The maximum Gasteiger partial charge on any atom is 0.227 e. The van der Waals surface area contributed by atoms with Gasteiger partial charge in [0.1, 0.15) is 11.9 Å². The average Bonchev–Trinajstić information content (AvgIpc) is 3.17. The van der Waals surface area contributed by atoms with E-state index in [1.165, 1.54) is 11.1 Å². The van der Waals surface area contributed by atoms with Crippen LogP contribution in [-0.2, 0) is 23.1 Å². The Bertz CT molecular complexity index is 1220. The number of nitrogens with zero attached hydrogens (tertiary/aromatic N) is 2. The van der Waals surface area contributed by atoms with Crippen LogP contribution in [0.2, 0.25) is 10.0 Å². The first kappa shape index (κ1) is 23.4. The Morgan fingerprint density at radius 1 is 1.29 bits per heavy atom. The van der Waals surface area contributed by atoms with E-state index < -0.39 is 11.0 Å². The molecule has 1 spiro atoms. The van der Waals surface area contributed by atoms with Crippen molar-refractivity contribution >= 4 is 29.1 Å². The zero-order valence-corrected chi connectivity index (χ0v) is 21.4. The fourth-order valence-electron chi connectivity index (χ4n) is 7.49. The van der Waals surface area contributed by atoms with E-state index in [4.69, 9.17) is 27.9 Å². The number of piperidine rings is 1. The summed E-state index contributed by atoms with van der Waals surface area (Å²) < 4.78 is 6.68. The number of rotatable bonds is 5. The monoisotopic (exact) mass is 512 g/mol. The highest BCUT2D eigenvalue weighted by atomic mass is 35.5. The number of aliphatic hydroxyl groups is 1. The number of carbonyl (C=O) groups is 1. The lowest BCUT2D eigenvalue weighted by molar-refractivity contribution is -0.198. The molecule has 1 saturated heterocycles. The number of carbonyl (C=O) groups excluding carboxylic acids is 1. The van der Waals surface area contributed by atoms with E-state index in [1.54, 1.807) is 12.1 Å². The lowest BCUT2D eigenvalue weighted by Gasteiger charge is -2.64. The summed E-state index contributed by atoms with van der Waals surface area (Å²) in [6, 6.07) is 11.5. The summed E-state index contributed by atoms with van der Waals surface area (Å²) in [5.41, 5.74) is 1.86. The number of halogens is 2. The van der Waals surface area contributed by atoms with Gasteiger partial charge in [-0.25, -0.2) is 0 Å². The number of amides is 1. The van der Waals surface area contributed by atoms with Gasteiger partial charge < -0.3 is 14.7 Å². The van der Waals surface area contributed by atoms with Crippen molar-refractivity contribution in [3.8, 4) is 5.75 Å².